The second kappa shape index (κ2) is 6.70. The van der Waals surface area contributed by atoms with Crippen LogP contribution in [0.15, 0.2) is 42.5 Å². The zero-order valence-corrected chi connectivity index (χ0v) is 13.4. The normalized spacial score (nSPS) is 18.8. The summed E-state index contributed by atoms with van der Waals surface area (Å²) in [6.45, 7) is 2.38. The summed E-state index contributed by atoms with van der Waals surface area (Å²) in [4.78, 5) is 11.6. The number of hydrogen-bond acceptors (Lipinski definition) is 5. The molecule has 0 bridgehead atoms. The lowest BCUT2D eigenvalue weighted by atomic mass is 10.0. The molecule has 0 saturated carbocycles. The maximum absolute atomic E-state index is 11.6. The van der Waals surface area contributed by atoms with Crippen molar-refractivity contribution in [3.8, 4) is 23.0 Å². The second-order valence-electron chi connectivity index (χ2n) is 5.21. The number of carbonyl (C=O) groups is 1. The van der Waals surface area contributed by atoms with Gasteiger partial charge in [-0.1, -0.05) is 18.2 Å². The molecule has 0 fully saturated rings. The molecule has 0 spiro atoms. The summed E-state index contributed by atoms with van der Waals surface area (Å²) < 4.78 is 22.3. The molecule has 1 heterocycles. The zero-order chi connectivity index (χ0) is 17.1. The van der Waals surface area contributed by atoms with Crippen molar-refractivity contribution in [3.05, 3.63) is 48.0 Å². The van der Waals surface area contributed by atoms with Crippen LogP contribution in [0.2, 0.25) is 0 Å². The van der Waals surface area contributed by atoms with E-state index in [4.69, 9.17) is 18.9 Å². The predicted octanol–water partition coefficient (Wildman–Crippen LogP) is 3.06. The van der Waals surface area contributed by atoms with Crippen molar-refractivity contribution in [2.75, 3.05) is 13.7 Å². The van der Waals surface area contributed by atoms with Crippen LogP contribution in [0, 0.1) is 0 Å². The summed E-state index contributed by atoms with van der Waals surface area (Å²) in [6, 6.07) is 12.2. The molecule has 2 atom stereocenters. The number of hydrogen-bond donors (Lipinski definition) is 1. The minimum Gasteiger partial charge on any atom is -0.493 e. The van der Waals surface area contributed by atoms with Crippen LogP contribution in [0.1, 0.15) is 18.6 Å². The van der Waals surface area contributed by atoms with Crippen LogP contribution in [0.25, 0.3) is 0 Å². The molecule has 2 aromatic rings. The average molecular weight is 330 g/mol. The molecule has 0 aromatic heterocycles. The predicted molar refractivity (Wildman–Crippen MR) is 86.0 cm³/mol. The van der Waals surface area contributed by atoms with Gasteiger partial charge < -0.3 is 24.1 Å². The van der Waals surface area contributed by atoms with Gasteiger partial charge in [0.2, 0.25) is 6.10 Å². The zero-order valence-electron chi connectivity index (χ0n) is 13.4. The summed E-state index contributed by atoms with van der Waals surface area (Å²) in [5.41, 5.74) is 0.636. The Morgan fingerprint density at radius 1 is 1.12 bits per heavy atom. The molecule has 1 N–H and O–H groups in total. The van der Waals surface area contributed by atoms with Crippen LogP contribution < -0.4 is 18.9 Å². The van der Waals surface area contributed by atoms with Crippen LogP contribution in [0.4, 0.5) is 0 Å². The third-order valence-electron chi connectivity index (χ3n) is 3.69. The summed E-state index contributed by atoms with van der Waals surface area (Å²) in [7, 11) is 1.53. The van der Waals surface area contributed by atoms with E-state index in [1.54, 1.807) is 42.5 Å². The first-order chi connectivity index (χ1) is 11.6. The van der Waals surface area contributed by atoms with Crippen molar-refractivity contribution in [3.63, 3.8) is 0 Å². The number of aliphatic carboxylic acids is 1. The lowest BCUT2D eigenvalue weighted by molar-refractivity contribution is -0.151. The van der Waals surface area contributed by atoms with Gasteiger partial charge in [0.25, 0.3) is 0 Å². The van der Waals surface area contributed by atoms with Crippen LogP contribution in [-0.4, -0.2) is 30.9 Å². The molecule has 0 saturated heterocycles. The standard InChI is InChI=1S/C18H18O6/c1-3-22-12-9-8-11(10-15(12)21-2)16-17(18(19)20)24-14-7-5-4-6-13(14)23-16/h4-10,16-17H,3H2,1-2H3,(H,19,20). The molecule has 6 nitrogen and oxygen atoms in total. The Morgan fingerprint density at radius 3 is 2.46 bits per heavy atom. The molecule has 0 radical (unpaired) electrons. The van der Waals surface area contributed by atoms with E-state index >= 15 is 0 Å². The van der Waals surface area contributed by atoms with Gasteiger partial charge in [0.15, 0.2) is 29.1 Å². The Labute approximate surface area is 139 Å². The Morgan fingerprint density at radius 2 is 1.83 bits per heavy atom. The first-order valence-corrected chi connectivity index (χ1v) is 7.60. The van der Waals surface area contributed by atoms with E-state index in [0.29, 0.717) is 35.2 Å². The number of fused-ring (bicyclic) bond motifs is 1. The van der Waals surface area contributed by atoms with Gasteiger partial charge in [-0.3, -0.25) is 0 Å². The lowest BCUT2D eigenvalue weighted by Gasteiger charge is -2.32. The van der Waals surface area contributed by atoms with E-state index in [1.165, 1.54) is 7.11 Å². The number of ether oxygens (including phenoxy) is 4. The quantitative estimate of drug-likeness (QED) is 0.908. The molecule has 1 aliphatic rings. The maximum Gasteiger partial charge on any atom is 0.349 e. The number of para-hydroxylation sites is 2. The van der Waals surface area contributed by atoms with Crippen LogP contribution in [-0.2, 0) is 4.79 Å². The molecule has 2 unspecified atom stereocenters. The van der Waals surface area contributed by atoms with Gasteiger partial charge in [0.1, 0.15) is 0 Å². The maximum atomic E-state index is 11.6. The fourth-order valence-electron chi connectivity index (χ4n) is 2.60. The molecular weight excluding hydrogens is 312 g/mol. The highest BCUT2D eigenvalue weighted by Gasteiger charge is 2.38. The number of carboxylic acids is 1. The third-order valence-corrected chi connectivity index (χ3v) is 3.69. The van der Waals surface area contributed by atoms with E-state index in [2.05, 4.69) is 0 Å². The van der Waals surface area contributed by atoms with Gasteiger partial charge in [-0.25, -0.2) is 4.79 Å². The summed E-state index contributed by atoms with van der Waals surface area (Å²) in [6.07, 6.45) is -1.94. The molecule has 1 aliphatic heterocycles. The summed E-state index contributed by atoms with van der Waals surface area (Å²) >= 11 is 0. The fourth-order valence-corrected chi connectivity index (χ4v) is 2.60. The van der Waals surface area contributed by atoms with Crippen molar-refractivity contribution < 1.29 is 28.8 Å². The third kappa shape index (κ3) is 2.95. The van der Waals surface area contributed by atoms with Gasteiger partial charge in [-0.05, 0) is 31.2 Å². The van der Waals surface area contributed by atoms with Gasteiger partial charge in [0.05, 0.1) is 13.7 Å². The largest absolute Gasteiger partial charge is 0.493 e. The van der Waals surface area contributed by atoms with Crippen molar-refractivity contribution in [1.29, 1.82) is 0 Å². The number of rotatable bonds is 5. The van der Waals surface area contributed by atoms with Crippen LogP contribution in [0.3, 0.4) is 0 Å². The first-order valence-electron chi connectivity index (χ1n) is 7.60. The molecule has 3 rings (SSSR count). The van der Waals surface area contributed by atoms with Gasteiger partial charge in [-0.15, -0.1) is 0 Å². The van der Waals surface area contributed by atoms with Gasteiger partial charge in [-0.2, -0.15) is 0 Å². The van der Waals surface area contributed by atoms with Crippen LogP contribution >= 0.6 is 0 Å². The van der Waals surface area contributed by atoms with Gasteiger partial charge >= 0.3 is 5.97 Å². The highest BCUT2D eigenvalue weighted by Crippen LogP contribution is 2.41. The van der Waals surface area contributed by atoms with Crippen molar-refractivity contribution in [2.45, 2.75) is 19.1 Å². The number of methoxy groups -OCH3 is 1. The molecule has 6 heteroatoms. The molecule has 24 heavy (non-hydrogen) atoms. The van der Waals surface area contributed by atoms with Crippen molar-refractivity contribution in [2.24, 2.45) is 0 Å². The summed E-state index contributed by atoms with van der Waals surface area (Å²) in [5, 5.41) is 9.50. The smallest absolute Gasteiger partial charge is 0.349 e. The SMILES string of the molecule is CCOc1ccc(C2Oc3ccccc3OC2C(=O)O)cc1OC. The second-order valence-corrected chi connectivity index (χ2v) is 5.21. The van der Waals surface area contributed by atoms with E-state index < -0.39 is 18.2 Å². The number of benzene rings is 2. The molecule has 126 valence electrons. The molecular formula is C18H18O6. The summed E-state index contributed by atoms with van der Waals surface area (Å²) in [5.74, 6) is 0.933. The van der Waals surface area contributed by atoms with E-state index in [-0.39, 0.29) is 0 Å². The van der Waals surface area contributed by atoms with Crippen molar-refractivity contribution in [1.82, 2.24) is 0 Å². The molecule has 2 aromatic carbocycles. The topological polar surface area (TPSA) is 74.2 Å². The Hall–Kier alpha value is -2.89. The monoisotopic (exact) mass is 330 g/mol. The molecule has 0 amide bonds. The first kappa shape index (κ1) is 16.0. The van der Waals surface area contributed by atoms with Crippen molar-refractivity contribution >= 4 is 5.97 Å². The Kier molecular flexibility index (Phi) is 4.46. The van der Waals surface area contributed by atoms with Gasteiger partial charge in [0, 0.05) is 5.56 Å². The average Bonchev–Trinajstić information content (AvgIpc) is 2.61. The van der Waals surface area contributed by atoms with Crippen LogP contribution in [0.5, 0.6) is 23.0 Å². The highest BCUT2D eigenvalue weighted by atomic mass is 16.6. The Bertz CT molecular complexity index is 742. The highest BCUT2D eigenvalue weighted by molar-refractivity contribution is 5.75. The fraction of sp³-hybridized carbons (Fsp3) is 0.278. The minimum atomic E-state index is -1.15. The van der Waals surface area contributed by atoms with E-state index in [9.17, 15) is 9.90 Å². The van der Waals surface area contributed by atoms with E-state index in [1.807, 2.05) is 6.92 Å². The Balaban J connectivity index is 1.98. The lowest BCUT2D eigenvalue weighted by Crippen LogP contribution is -2.39. The molecule has 0 aliphatic carbocycles. The number of carboxylic acid groups (broad SMARTS) is 1. The van der Waals surface area contributed by atoms with E-state index in [0.717, 1.165) is 0 Å². The minimum absolute atomic E-state index is 0.416.